The number of benzene rings is 2. The van der Waals surface area contributed by atoms with E-state index in [-0.39, 0.29) is 34.9 Å². The Balaban J connectivity index is 0.00000128. The molecule has 0 aliphatic heterocycles. The van der Waals surface area contributed by atoms with E-state index in [9.17, 15) is 13.5 Å². The first-order valence-electron chi connectivity index (χ1n) is 4.16. The molecule has 0 aromatic heterocycles. The molecule has 0 aliphatic carbocycles. The Labute approximate surface area is 115 Å². The summed E-state index contributed by atoms with van der Waals surface area (Å²) in [4.78, 5) is -0.582. The molecule has 1 N–H and O–H groups in total. The third-order valence-corrected chi connectivity index (χ3v) is 3.00. The van der Waals surface area contributed by atoms with Crippen LogP contribution < -0.4 is 34.7 Å². The minimum absolute atomic E-state index is 0. The van der Waals surface area contributed by atoms with Gasteiger partial charge in [-0.15, -0.1) is 0 Å². The van der Waals surface area contributed by atoms with Crippen molar-refractivity contribution in [2.75, 3.05) is 0 Å². The normalized spacial score (nSPS) is 11.1. The molecule has 0 saturated heterocycles. The number of hydrogen-bond acceptors (Lipinski definition) is 3. The molecule has 0 saturated carbocycles. The molecule has 78 valence electrons. The van der Waals surface area contributed by atoms with Gasteiger partial charge >= 0.3 is 29.6 Å². The Morgan fingerprint density at radius 2 is 1.69 bits per heavy atom. The summed E-state index contributed by atoms with van der Waals surface area (Å²) in [6.45, 7) is 0. The molecule has 2 aromatic carbocycles. The zero-order valence-electron chi connectivity index (χ0n) is 8.54. The Morgan fingerprint density at radius 1 is 1.06 bits per heavy atom. The first kappa shape index (κ1) is 13.5. The van der Waals surface area contributed by atoms with E-state index in [1.807, 2.05) is 0 Å². The quantitative estimate of drug-likeness (QED) is 0.474. The fourth-order valence-corrected chi connectivity index (χ4v) is 2.01. The number of rotatable bonds is 1. The van der Waals surface area contributed by atoms with Crippen molar-refractivity contribution >= 4 is 20.9 Å². The van der Waals surface area contributed by atoms with Crippen LogP contribution in [0.2, 0.25) is 0 Å². The first-order chi connectivity index (χ1) is 7.00. The van der Waals surface area contributed by atoms with Gasteiger partial charge in [-0.1, -0.05) is 36.1 Å². The van der Waals surface area contributed by atoms with Crippen LogP contribution in [0.25, 0.3) is 10.8 Å². The number of fused-ring (bicyclic) bond motifs is 1. The summed E-state index contributed by atoms with van der Waals surface area (Å²) >= 11 is 0. The van der Waals surface area contributed by atoms with Gasteiger partial charge in [-0.25, -0.2) is 0 Å². The fourth-order valence-electron chi connectivity index (χ4n) is 1.43. The van der Waals surface area contributed by atoms with Crippen molar-refractivity contribution in [2.24, 2.45) is 0 Å². The predicted molar refractivity (Wildman–Crippen MR) is 53.2 cm³/mol. The van der Waals surface area contributed by atoms with Crippen LogP contribution in [0.1, 0.15) is 0 Å². The molecule has 2 rings (SSSR count). The fraction of sp³-hybridized carbons (Fsp3) is 0. The third-order valence-electron chi connectivity index (χ3n) is 2.12. The minimum atomic E-state index is -4.44. The van der Waals surface area contributed by atoms with E-state index >= 15 is 0 Å². The topological polar surface area (TPSA) is 77.4 Å². The van der Waals surface area contributed by atoms with Gasteiger partial charge < -0.3 is 5.11 Å². The van der Waals surface area contributed by atoms with Crippen LogP contribution in [-0.4, -0.2) is 13.0 Å². The zero-order valence-corrected chi connectivity index (χ0v) is 11.4. The maximum absolute atomic E-state index is 11.6. The molecule has 6 heteroatoms. The average Bonchev–Trinajstić information content (AvgIpc) is 2.16. The van der Waals surface area contributed by atoms with Crippen molar-refractivity contribution in [2.45, 2.75) is 4.90 Å². The SMILES string of the molecule is O=S(=O)(O)c1ccc2ccccc2c1[O-].[Na+]. The Morgan fingerprint density at radius 3 is 2.31 bits per heavy atom. The molecule has 0 atom stereocenters. The van der Waals surface area contributed by atoms with Crippen molar-refractivity contribution in [3.8, 4) is 5.75 Å². The van der Waals surface area contributed by atoms with Gasteiger partial charge in [0.15, 0.2) is 0 Å². The van der Waals surface area contributed by atoms with Gasteiger partial charge in [0.05, 0.1) is 4.90 Å². The zero-order chi connectivity index (χ0) is 11.1. The van der Waals surface area contributed by atoms with Crippen LogP contribution in [0, 0.1) is 0 Å². The second-order valence-electron chi connectivity index (χ2n) is 3.09. The summed E-state index contributed by atoms with van der Waals surface area (Å²) in [5.74, 6) is -0.671. The van der Waals surface area contributed by atoms with Crippen molar-refractivity contribution in [3.63, 3.8) is 0 Å². The monoisotopic (exact) mass is 246 g/mol. The van der Waals surface area contributed by atoms with Gasteiger partial charge in [-0.05, 0) is 16.8 Å². The standard InChI is InChI=1S/C10H8O4S.Na/c11-10-8-4-2-1-3-7(8)5-6-9(10)15(12,13)14;/h1-6,11H,(H,12,13,14);/q;+1/p-1. The van der Waals surface area contributed by atoms with Crippen LogP contribution >= 0.6 is 0 Å². The second kappa shape index (κ2) is 4.73. The maximum Gasteiger partial charge on any atom is 1.00 e. The van der Waals surface area contributed by atoms with E-state index < -0.39 is 20.8 Å². The van der Waals surface area contributed by atoms with E-state index in [4.69, 9.17) is 4.55 Å². The summed E-state index contributed by atoms with van der Waals surface area (Å²) in [7, 11) is -4.44. The summed E-state index contributed by atoms with van der Waals surface area (Å²) in [5.41, 5.74) is 0. The minimum Gasteiger partial charge on any atom is -0.871 e. The van der Waals surface area contributed by atoms with Gasteiger partial charge in [-0.3, -0.25) is 4.55 Å². The Kier molecular flexibility index (Phi) is 3.98. The summed E-state index contributed by atoms with van der Waals surface area (Å²) in [6.07, 6.45) is 0. The van der Waals surface area contributed by atoms with E-state index in [1.54, 1.807) is 18.2 Å². The summed E-state index contributed by atoms with van der Waals surface area (Å²) in [6, 6.07) is 9.20. The molecule has 0 aliphatic rings. The van der Waals surface area contributed by atoms with E-state index in [1.165, 1.54) is 12.1 Å². The number of hydrogen-bond donors (Lipinski definition) is 1. The van der Waals surface area contributed by atoms with Crippen LogP contribution in [-0.2, 0) is 10.1 Å². The summed E-state index contributed by atoms with van der Waals surface area (Å²) < 4.78 is 30.5. The molecule has 0 unspecified atom stereocenters. The molecule has 0 bridgehead atoms. The summed E-state index contributed by atoms with van der Waals surface area (Å²) in [5, 5.41) is 12.6. The molecule has 0 fully saturated rings. The Bertz CT molecular complexity index is 622. The van der Waals surface area contributed by atoms with E-state index in [0.29, 0.717) is 5.39 Å². The van der Waals surface area contributed by atoms with Crippen LogP contribution in [0.4, 0.5) is 0 Å². The second-order valence-corrected chi connectivity index (χ2v) is 4.48. The van der Waals surface area contributed by atoms with E-state index in [0.717, 1.165) is 6.07 Å². The molecule has 0 spiro atoms. The van der Waals surface area contributed by atoms with Crippen molar-refractivity contribution < 1.29 is 47.6 Å². The Hall–Kier alpha value is -0.590. The largest absolute Gasteiger partial charge is 1.00 e. The maximum atomic E-state index is 11.6. The molecule has 0 radical (unpaired) electrons. The smallest absolute Gasteiger partial charge is 0.871 e. The molecule has 0 heterocycles. The first-order valence-corrected chi connectivity index (χ1v) is 5.60. The van der Waals surface area contributed by atoms with Gasteiger partial charge in [0.2, 0.25) is 0 Å². The van der Waals surface area contributed by atoms with Crippen molar-refractivity contribution in [1.29, 1.82) is 0 Å². The van der Waals surface area contributed by atoms with Crippen molar-refractivity contribution in [3.05, 3.63) is 36.4 Å². The molecule has 16 heavy (non-hydrogen) atoms. The molecule has 0 amide bonds. The average molecular weight is 246 g/mol. The van der Waals surface area contributed by atoms with Gasteiger partial charge in [0.1, 0.15) is 0 Å². The van der Waals surface area contributed by atoms with Crippen LogP contribution in [0.5, 0.6) is 5.75 Å². The van der Waals surface area contributed by atoms with Crippen molar-refractivity contribution in [1.82, 2.24) is 0 Å². The molecular weight excluding hydrogens is 239 g/mol. The molecular formula is C10H7NaO4S. The van der Waals surface area contributed by atoms with E-state index in [2.05, 4.69) is 0 Å². The molecule has 4 nitrogen and oxygen atoms in total. The van der Waals surface area contributed by atoms with Gasteiger partial charge in [0, 0.05) is 0 Å². The predicted octanol–water partition coefficient (Wildman–Crippen LogP) is -1.84. The third kappa shape index (κ3) is 2.39. The molecule has 2 aromatic rings. The van der Waals surface area contributed by atoms with Gasteiger partial charge in [0.25, 0.3) is 10.1 Å². The van der Waals surface area contributed by atoms with Crippen LogP contribution in [0.3, 0.4) is 0 Å². The van der Waals surface area contributed by atoms with Crippen LogP contribution in [0.15, 0.2) is 41.3 Å². The van der Waals surface area contributed by atoms with Gasteiger partial charge in [-0.2, -0.15) is 8.42 Å².